The van der Waals surface area contributed by atoms with Crippen LogP contribution in [0.3, 0.4) is 0 Å². The second-order valence-electron chi connectivity index (χ2n) is 9.46. The number of amides is 3. The lowest BCUT2D eigenvalue weighted by atomic mass is 10.1. The Morgan fingerprint density at radius 3 is 2.66 bits per heavy atom. The van der Waals surface area contributed by atoms with Crippen LogP contribution < -0.4 is 16.4 Å². The fourth-order valence-electron chi connectivity index (χ4n) is 5.01. The van der Waals surface area contributed by atoms with Crippen LogP contribution in [0.15, 0.2) is 47.3 Å². The van der Waals surface area contributed by atoms with Gasteiger partial charge in [-0.2, -0.15) is 13.2 Å². The maximum atomic E-state index is 13.7. The summed E-state index contributed by atoms with van der Waals surface area (Å²) in [5.74, 6) is -1.22. The number of likely N-dealkylation sites (tertiary alicyclic amines) is 1. The smallest absolute Gasteiger partial charge is 0.416 e. The van der Waals surface area contributed by atoms with Gasteiger partial charge >= 0.3 is 12.3 Å². The van der Waals surface area contributed by atoms with Crippen LogP contribution in [0.4, 0.5) is 29.6 Å². The van der Waals surface area contributed by atoms with Crippen LogP contribution in [-0.2, 0) is 22.3 Å². The number of hydrogen-bond donors (Lipinski definition) is 4. The lowest BCUT2D eigenvalue weighted by Gasteiger charge is -2.24. The third-order valence-corrected chi connectivity index (χ3v) is 7.25. The molecule has 41 heavy (non-hydrogen) atoms. The van der Waals surface area contributed by atoms with Gasteiger partial charge in [-0.3, -0.25) is 9.59 Å². The van der Waals surface area contributed by atoms with Gasteiger partial charge in [0.25, 0.3) is 0 Å². The van der Waals surface area contributed by atoms with Crippen molar-refractivity contribution in [3.05, 3.63) is 52.9 Å². The number of carboxylic acid groups (broad SMARTS) is 1. The molecule has 0 unspecified atom stereocenters. The number of carbonyl (C=O) groups is 3. The van der Waals surface area contributed by atoms with Crippen molar-refractivity contribution in [2.75, 3.05) is 24.1 Å². The quantitative estimate of drug-likeness (QED) is 0.234. The number of nitrogens with one attached hydrogen (secondary N) is 2. The van der Waals surface area contributed by atoms with Gasteiger partial charge in [0.15, 0.2) is 0 Å². The lowest BCUT2D eigenvalue weighted by molar-refractivity contribution is -0.137. The highest BCUT2D eigenvalue weighted by Crippen LogP contribution is 2.37. The molecular weight excluding hydrogens is 613 g/mol. The second-order valence-corrected chi connectivity index (χ2v) is 10.3. The average molecular weight is 635 g/mol. The predicted octanol–water partition coefficient (Wildman–Crippen LogP) is 3.47. The van der Waals surface area contributed by atoms with Crippen molar-refractivity contribution in [2.24, 2.45) is 5.92 Å². The van der Waals surface area contributed by atoms with E-state index < -0.39 is 35.7 Å². The summed E-state index contributed by atoms with van der Waals surface area (Å²) in [6, 6.07) is 7.02. The molecule has 4 aromatic rings. The highest BCUT2D eigenvalue weighted by molar-refractivity contribution is 9.10. The Kier molecular flexibility index (Phi) is 7.42. The molecule has 2 atom stereocenters. The number of nitrogen functional groups attached to an aromatic ring is 1. The first-order valence-corrected chi connectivity index (χ1v) is 13.0. The predicted molar refractivity (Wildman–Crippen MR) is 145 cm³/mol. The fourth-order valence-corrected chi connectivity index (χ4v) is 5.36. The van der Waals surface area contributed by atoms with Crippen LogP contribution in [0.5, 0.6) is 0 Å². The van der Waals surface area contributed by atoms with Gasteiger partial charge in [-0.05, 0) is 58.6 Å². The van der Waals surface area contributed by atoms with E-state index in [0.29, 0.717) is 4.60 Å². The second kappa shape index (κ2) is 10.8. The number of hydrogen-bond acceptors (Lipinski definition) is 7. The molecule has 4 heterocycles. The molecule has 0 bridgehead atoms. The molecule has 3 aromatic heterocycles. The van der Waals surface area contributed by atoms with Gasteiger partial charge in [0.2, 0.25) is 11.8 Å². The number of halogens is 4. The molecule has 1 fully saturated rings. The highest BCUT2D eigenvalue weighted by atomic mass is 79.9. The standard InChI is InChI=1S/C25H22BrF3N8O4/c26-17-2-1-3-18(34-17)35-23(39)16-6-12(8-31-24(40)41)9-36(16)19(38)10-37-15-5-4-13(25(27,28)29)7-14(15)20-21(30)32-11-33-22(20)37/h1-5,7,11-12,16,31H,6,8-10H2,(H,40,41)(H2,30,32,33)(H,34,35,39)/t12-,16+/m1/s1. The Morgan fingerprint density at radius 1 is 1.17 bits per heavy atom. The molecule has 0 saturated carbocycles. The molecule has 0 aliphatic carbocycles. The number of carbonyl (C=O) groups excluding carboxylic acids is 2. The molecule has 214 valence electrons. The molecule has 1 aromatic carbocycles. The number of pyridine rings is 1. The summed E-state index contributed by atoms with van der Waals surface area (Å²) in [6.45, 7) is -0.299. The number of nitrogens with zero attached hydrogens (tertiary/aromatic N) is 5. The molecular formula is C25H22BrF3N8O4. The number of aromatic nitrogens is 4. The molecule has 1 aliphatic heterocycles. The first-order valence-electron chi connectivity index (χ1n) is 12.2. The zero-order chi connectivity index (χ0) is 29.5. The molecule has 5 N–H and O–H groups in total. The van der Waals surface area contributed by atoms with E-state index >= 15 is 0 Å². The summed E-state index contributed by atoms with van der Waals surface area (Å²) in [5, 5.41) is 14.3. The zero-order valence-corrected chi connectivity index (χ0v) is 22.6. The SMILES string of the molecule is Nc1ncnc2c1c1cc(C(F)(F)F)ccc1n2CC(=O)N1C[C@@H](CNC(=O)O)C[C@H]1C(=O)Nc1cccc(Br)n1. The number of anilines is 2. The van der Waals surface area contributed by atoms with Gasteiger partial charge in [-0.1, -0.05) is 6.07 Å². The van der Waals surface area contributed by atoms with Gasteiger partial charge in [0.05, 0.1) is 16.5 Å². The van der Waals surface area contributed by atoms with Crippen molar-refractivity contribution >= 4 is 67.4 Å². The van der Waals surface area contributed by atoms with Crippen LogP contribution in [-0.4, -0.2) is 66.6 Å². The van der Waals surface area contributed by atoms with Crippen LogP contribution in [0.25, 0.3) is 21.9 Å². The van der Waals surface area contributed by atoms with Gasteiger partial charge in [-0.15, -0.1) is 0 Å². The van der Waals surface area contributed by atoms with E-state index in [-0.39, 0.29) is 65.5 Å². The van der Waals surface area contributed by atoms with Gasteiger partial charge in [0.1, 0.15) is 40.8 Å². The summed E-state index contributed by atoms with van der Waals surface area (Å²) in [7, 11) is 0. The van der Waals surface area contributed by atoms with E-state index in [1.165, 1.54) is 15.5 Å². The molecule has 0 radical (unpaired) electrons. The molecule has 0 spiro atoms. The van der Waals surface area contributed by atoms with Crippen molar-refractivity contribution < 1.29 is 32.7 Å². The number of rotatable bonds is 6. The normalized spacial score (nSPS) is 17.2. The van der Waals surface area contributed by atoms with E-state index in [4.69, 9.17) is 10.8 Å². The largest absolute Gasteiger partial charge is 0.465 e. The minimum Gasteiger partial charge on any atom is -0.465 e. The van der Waals surface area contributed by atoms with Crippen LogP contribution in [0.1, 0.15) is 12.0 Å². The molecule has 1 saturated heterocycles. The first kappa shape index (κ1) is 28.1. The molecule has 16 heteroatoms. The van der Waals surface area contributed by atoms with Crippen molar-refractivity contribution in [3.8, 4) is 0 Å². The Hall–Kier alpha value is -4.47. The number of nitrogens with two attached hydrogens (primary N) is 1. The number of benzene rings is 1. The third-order valence-electron chi connectivity index (χ3n) is 6.81. The Labute approximate surface area is 237 Å². The molecule has 3 amide bonds. The first-order chi connectivity index (χ1) is 19.4. The maximum absolute atomic E-state index is 13.7. The van der Waals surface area contributed by atoms with Crippen LogP contribution >= 0.6 is 15.9 Å². The van der Waals surface area contributed by atoms with E-state index in [1.54, 1.807) is 18.2 Å². The van der Waals surface area contributed by atoms with E-state index in [0.717, 1.165) is 18.5 Å². The monoisotopic (exact) mass is 634 g/mol. The van der Waals surface area contributed by atoms with Crippen LogP contribution in [0.2, 0.25) is 0 Å². The van der Waals surface area contributed by atoms with Crippen molar-refractivity contribution in [2.45, 2.75) is 25.2 Å². The third kappa shape index (κ3) is 5.73. The Morgan fingerprint density at radius 2 is 1.95 bits per heavy atom. The summed E-state index contributed by atoms with van der Waals surface area (Å²) in [6.07, 6.45) is -4.54. The van der Waals surface area contributed by atoms with Crippen molar-refractivity contribution in [1.29, 1.82) is 0 Å². The minimum atomic E-state index is -4.61. The summed E-state index contributed by atoms with van der Waals surface area (Å²) >= 11 is 3.23. The fraction of sp³-hybridized carbons (Fsp3) is 0.280. The van der Waals surface area contributed by atoms with E-state index in [9.17, 15) is 27.6 Å². The molecule has 5 rings (SSSR count). The summed E-state index contributed by atoms with van der Waals surface area (Å²) in [4.78, 5) is 51.7. The Bertz CT molecular complexity index is 1680. The van der Waals surface area contributed by atoms with Gasteiger partial charge in [-0.25, -0.2) is 19.7 Å². The zero-order valence-electron chi connectivity index (χ0n) is 21.0. The van der Waals surface area contributed by atoms with Crippen molar-refractivity contribution in [3.63, 3.8) is 0 Å². The highest BCUT2D eigenvalue weighted by Gasteiger charge is 2.40. The minimum absolute atomic E-state index is 0.0113. The average Bonchev–Trinajstić information content (AvgIpc) is 3.47. The maximum Gasteiger partial charge on any atom is 0.416 e. The Balaban J connectivity index is 1.49. The van der Waals surface area contributed by atoms with E-state index in [2.05, 4.69) is 41.5 Å². The number of fused-ring (bicyclic) bond motifs is 3. The van der Waals surface area contributed by atoms with Gasteiger partial charge in [0, 0.05) is 18.5 Å². The summed E-state index contributed by atoms with van der Waals surface area (Å²) < 4.78 is 42.3. The van der Waals surface area contributed by atoms with Gasteiger partial charge < -0.3 is 30.9 Å². The molecule has 1 aliphatic rings. The topological polar surface area (TPSA) is 168 Å². The lowest BCUT2D eigenvalue weighted by Crippen LogP contribution is -2.44. The number of alkyl halides is 3. The van der Waals surface area contributed by atoms with Crippen LogP contribution in [0, 0.1) is 5.92 Å². The van der Waals surface area contributed by atoms with Crippen molar-refractivity contribution in [1.82, 2.24) is 29.7 Å². The van der Waals surface area contributed by atoms with E-state index in [1.807, 2.05) is 0 Å². The summed E-state index contributed by atoms with van der Waals surface area (Å²) in [5.41, 5.74) is 5.54. The molecule has 12 nitrogen and oxygen atoms in total.